The number of aryl methyl sites for hydroxylation is 3. The van der Waals surface area contributed by atoms with Crippen LogP contribution in [0.5, 0.6) is 5.06 Å². The quantitative estimate of drug-likeness (QED) is 0.687. The predicted molar refractivity (Wildman–Crippen MR) is 107 cm³/mol. The van der Waals surface area contributed by atoms with E-state index in [1.165, 1.54) is 27.8 Å². The summed E-state index contributed by atoms with van der Waals surface area (Å²) in [5.74, 6) is 0.146. The van der Waals surface area contributed by atoms with Crippen molar-refractivity contribution in [3.8, 4) is 5.06 Å². The van der Waals surface area contributed by atoms with Gasteiger partial charge >= 0.3 is 6.09 Å². The molecule has 1 amide bonds. The van der Waals surface area contributed by atoms with Crippen LogP contribution in [0.3, 0.4) is 0 Å². The monoisotopic (exact) mass is 382 g/mol. The number of carbonyl (C=O) groups excluding carboxylic acids is 2. The van der Waals surface area contributed by atoms with Crippen LogP contribution in [0.1, 0.15) is 44.9 Å². The predicted octanol–water partition coefficient (Wildman–Crippen LogP) is 4.70. The third-order valence-electron chi connectivity index (χ3n) is 5.10. The van der Waals surface area contributed by atoms with Gasteiger partial charge in [0, 0.05) is 46.1 Å². The molecule has 0 aliphatic heterocycles. The van der Waals surface area contributed by atoms with Gasteiger partial charge in [0.2, 0.25) is 0 Å². The van der Waals surface area contributed by atoms with Crippen molar-refractivity contribution < 1.29 is 14.3 Å². The summed E-state index contributed by atoms with van der Waals surface area (Å²) in [6.07, 6.45) is 2.59. The van der Waals surface area contributed by atoms with Gasteiger partial charge in [-0.05, 0) is 44.2 Å². The van der Waals surface area contributed by atoms with Gasteiger partial charge in [-0.15, -0.1) is 11.3 Å². The number of Topliss-reactive ketones (excluding diaryl/α,β-unsaturated/α-hetero) is 1. The highest BCUT2D eigenvalue weighted by Crippen LogP contribution is 2.34. The Labute approximate surface area is 161 Å². The fourth-order valence-electron chi connectivity index (χ4n) is 3.71. The number of H-pyrrole nitrogens is 1. The SMILES string of the molecule is Cc1[nH]c2c(C)cccc2c1CCNC(=O)Oc1cc2c(s1)CCCC2=O. The van der Waals surface area contributed by atoms with E-state index in [-0.39, 0.29) is 5.78 Å². The van der Waals surface area contributed by atoms with Crippen LogP contribution in [0.25, 0.3) is 10.9 Å². The van der Waals surface area contributed by atoms with Gasteiger partial charge in [0.25, 0.3) is 0 Å². The Hall–Kier alpha value is -2.60. The number of rotatable bonds is 4. The molecule has 140 valence electrons. The van der Waals surface area contributed by atoms with Crippen molar-refractivity contribution in [1.82, 2.24) is 10.3 Å². The summed E-state index contributed by atoms with van der Waals surface area (Å²) in [5.41, 5.74) is 5.43. The molecule has 6 heteroatoms. The van der Waals surface area contributed by atoms with E-state index < -0.39 is 6.09 Å². The van der Waals surface area contributed by atoms with Crippen LogP contribution in [-0.4, -0.2) is 23.4 Å². The standard InChI is InChI=1S/C21H22N2O3S/c1-12-5-3-6-15-14(13(2)23-20(12)15)9-10-22-21(25)26-19-11-16-17(24)7-4-8-18(16)27-19/h3,5-6,11,23H,4,7-10H2,1-2H3,(H,22,25). The largest absolute Gasteiger partial charge is 0.413 e. The molecule has 0 bridgehead atoms. The first-order chi connectivity index (χ1) is 13.0. The average Bonchev–Trinajstić information content (AvgIpc) is 3.18. The molecule has 0 saturated heterocycles. The summed E-state index contributed by atoms with van der Waals surface area (Å²) >= 11 is 1.40. The number of aromatic nitrogens is 1. The molecule has 5 nitrogen and oxygen atoms in total. The molecular formula is C21H22N2O3S. The lowest BCUT2D eigenvalue weighted by atomic mass is 9.98. The second kappa shape index (κ2) is 7.19. The van der Waals surface area contributed by atoms with Crippen LogP contribution < -0.4 is 10.1 Å². The smallest absolute Gasteiger partial charge is 0.399 e. The molecule has 1 aliphatic carbocycles. The van der Waals surface area contributed by atoms with E-state index in [4.69, 9.17) is 4.74 Å². The van der Waals surface area contributed by atoms with Gasteiger partial charge in [0.1, 0.15) is 0 Å². The first-order valence-corrected chi connectivity index (χ1v) is 10.0. The van der Waals surface area contributed by atoms with Crippen molar-refractivity contribution in [2.24, 2.45) is 0 Å². The van der Waals surface area contributed by atoms with Crippen LogP contribution >= 0.6 is 11.3 Å². The summed E-state index contributed by atoms with van der Waals surface area (Å²) in [5, 5.41) is 4.51. The molecule has 0 unspecified atom stereocenters. The molecule has 3 aromatic rings. The van der Waals surface area contributed by atoms with Crippen LogP contribution in [0.2, 0.25) is 0 Å². The van der Waals surface area contributed by atoms with Gasteiger partial charge in [0.05, 0.1) is 0 Å². The minimum atomic E-state index is -0.477. The van der Waals surface area contributed by atoms with E-state index in [1.54, 1.807) is 6.07 Å². The lowest BCUT2D eigenvalue weighted by Gasteiger charge is -2.07. The third kappa shape index (κ3) is 3.49. The Balaban J connectivity index is 1.37. The van der Waals surface area contributed by atoms with Gasteiger partial charge in [-0.1, -0.05) is 18.2 Å². The number of para-hydroxylation sites is 1. The van der Waals surface area contributed by atoms with Crippen molar-refractivity contribution in [3.05, 3.63) is 51.5 Å². The van der Waals surface area contributed by atoms with Crippen LogP contribution in [0.4, 0.5) is 4.79 Å². The van der Waals surface area contributed by atoms with Crippen molar-refractivity contribution in [2.75, 3.05) is 6.54 Å². The number of nitrogens with one attached hydrogen (secondary N) is 2. The number of ether oxygens (including phenoxy) is 1. The molecule has 0 atom stereocenters. The second-order valence-electron chi connectivity index (χ2n) is 6.97. The Morgan fingerprint density at radius 2 is 2.15 bits per heavy atom. The molecule has 4 rings (SSSR count). The number of fused-ring (bicyclic) bond motifs is 2. The second-order valence-corrected chi connectivity index (χ2v) is 8.07. The van der Waals surface area contributed by atoms with Crippen molar-refractivity contribution in [2.45, 2.75) is 39.5 Å². The number of ketones is 1. The Bertz CT molecular complexity index is 1030. The van der Waals surface area contributed by atoms with Gasteiger partial charge in [-0.25, -0.2) is 4.79 Å². The van der Waals surface area contributed by atoms with Crippen molar-refractivity contribution >= 4 is 34.1 Å². The minimum absolute atomic E-state index is 0.146. The average molecular weight is 382 g/mol. The van der Waals surface area contributed by atoms with Gasteiger partial charge < -0.3 is 15.0 Å². The zero-order chi connectivity index (χ0) is 19.0. The maximum atomic E-state index is 12.1. The zero-order valence-electron chi connectivity index (χ0n) is 15.5. The molecular weight excluding hydrogens is 360 g/mol. The highest BCUT2D eigenvalue weighted by Gasteiger charge is 2.22. The summed E-state index contributed by atoms with van der Waals surface area (Å²) < 4.78 is 5.38. The molecule has 2 heterocycles. The van der Waals surface area contributed by atoms with E-state index in [1.807, 2.05) is 0 Å². The first-order valence-electron chi connectivity index (χ1n) is 9.21. The fraction of sp³-hybridized carbons (Fsp3) is 0.333. The topological polar surface area (TPSA) is 71.2 Å². The highest BCUT2D eigenvalue weighted by atomic mass is 32.1. The molecule has 27 heavy (non-hydrogen) atoms. The molecule has 0 fully saturated rings. The fourth-order valence-corrected chi connectivity index (χ4v) is 4.78. The first kappa shape index (κ1) is 17.8. The number of hydrogen-bond donors (Lipinski definition) is 2. The lowest BCUT2D eigenvalue weighted by Crippen LogP contribution is -2.28. The number of hydrogen-bond acceptors (Lipinski definition) is 4. The molecule has 1 aromatic carbocycles. The summed E-state index contributed by atoms with van der Waals surface area (Å²) in [6.45, 7) is 4.63. The molecule has 1 aliphatic rings. The van der Waals surface area contributed by atoms with Gasteiger partial charge in [-0.3, -0.25) is 4.79 Å². The highest BCUT2D eigenvalue weighted by molar-refractivity contribution is 7.14. The summed E-state index contributed by atoms with van der Waals surface area (Å²) in [6, 6.07) is 7.94. The number of aromatic amines is 1. The van der Waals surface area contributed by atoms with Crippen LogP contribution in [-0.2, 0) is 12.8 Å². The Morgan fingerprint density at radius 3 is 2.96 bits per heavy atom. The number of amides is 1. The van der Waals surface area contributed by atoms with E-state index in [0.29, 0.717) is 18.0 Å². The molecule has 0 spiro atoms. The Kier molecular flexibility index (Phi) is 4.74. The van der Waals surface area contributed by atoms with E-state index in [0.717, 1.165) is 40.9 Å². The molecule has 2 N–H and O–H groups in total. The normalized spacial score (nSPS) is 13.6. The van der Waals surface area contributed by atoms with Crippen LogP contribution in [0, 0.1) is 13.8 Å². The Morgan fingerprint density at radius 1 is 1.30 bits per heavy atom. The summed E-state index contributed by atoms with van der Waals surface area (Å²) in [4.78, 5) is 28.5. The van der Waals surface area contributed by atoms with E-state index in [2.05, 4.69) is 42.3 Å². The number of thiophene rings is 1. The molecule has 0 radical (unpaired) electrons. The maximum Gasteiger partial charge on any atom is 0.413 e. The molecule has 2 aromatic heterocycles. The lowest BCUT2D eigenvalue weighted by molar-refractivity contribution is 0.0973. The van der Waals surface area contributed by atoms with Gasteiger partial charge in [0.15, 0.2) is 10.8 Å². The summed E-state index contributed by atoms with van der Waals surface area (Å²) in [7, 11) is 0. The van der Waals surface area contributed by atoms with E-state index in [9.17, 15) is 9.59 Å². The van der Waals surface area contributed by atoms with Crippen molar-refractivity contribution in [3.63, 3.8) is 0 Å². The van der Waals surface area contributed by atoms with E-state index >= 15 is 0 Å². The van der Waals surface area contributed by atoms with Crippen LogP contribution in [0.15, 0.2) is 24.3 Å². The number of carbonyl (C=O) groups is 2. The van der Waals surface area contributed by atoms with Gasteiger partial charge in [-0.2, -0.15) is 0 Å². The molecule has 0 saturated carbocycles. The number of benzene rings is 1. The third-order valence-corrected chi connectivity index (χ3v) is 6.17. The van der Waals surface area contributed by atoms with Crippen molar-refractivity contribution in [1.29, 1.82) is 0 Å². The zero-order valence-corrected chi connectivity index (χ0v) is 16.3. The maximum absolute atomic E-state index is 12.1. The minimum Gasteiger partial charge on any atom is -0.399 e.